The van der Waals surface area contributed by atoms with Gasteiger partial charge in [0.15, 0.2) is 17.3 Å². The molecule has 1 N–H and O–H groups in total. The normalized spacial score (nSPS) is 17.4. The number of ketones is 1. The largest absolute Gasteiger partial charge is 0.504 e. The minimum Gasteiger partial charge on any atom is -0.504 e. The summed E-state index contributed by atoms with van der Waals surface area (Å²) in [5.74, 6) is 1.67. The molecule has 0 amide bonds. The molecule has 150 valence electrons. The van der Waals surface area contributed by atoms with Crippen LogP contribution in [0.4, 0.5) is 0 Å². The monoisotopic (exact) mass is 383 g/mol. The molecular formula is C23H29NO4. The molecule has 0 saturated carbocycles. The number of aryl methyl sites for hydroxylation is 2. The maximum absolute atomic E-state index is 13.1. The van der Waals surface area contributed by atoms with Crippen molar-refractivity contribution in [2.45, 2.75) is 33.2 Å². The van der Waals surface area contributed by atoms with E-state index in [1.807, 2.05) is 32.0 Å². The summed E-state index contributed by atoms with van der Waals surface area (Å²) in [5.41, 5.74) is 3.77. The highest BCUT2D eigenvalue weighted by Gasteiger charge is 2.27. The first-order chi connectivity index (χ1) is 13.4. The lowest BCUT2D eigenvalue weighted by Gasteiger charge is -2.32. The Hall–Kier alpha value is -2.53. The summed E-state index contributed by atoms with van der Waals surface area (Å²) in [7, 11) is 3.20. The van der Waals surface area contributed by atoms with Crippen molar-refractivity contribution in [3.8, 4) is 17.2 Å². The number of benzene rings is 2. The number of rotatable bonds is 6. The van der Waals surface area contributed by atoms with Crippen molar-refractivity contribution >= 4 is 5.78 Å². The molecule has 2 aromatic rings. The smallest absolute Gasteiger partial charge is 0.167 e. The van der Waals surface area contributed by atoms with Crippen LogP contribution in [-0.2, 0) is 6.54 Å². The molecule has 0 aromatic heterocycles. The molecule has 1 heterocycles. The molecule has 0 bridgehead atoms. The molecule has 3 rings (SSSR count). The van der Waals surface area contributed by atoms with Gasteiger partial charge in [0.2, 0.25) is 0 Å². The SMILES string of the molecule is COc1ccc(CN2CCC[C@H](C(=O)c3cc(C)c(OC)c(C)c3)C2)cc1O. The minimum absolute atomic E-state index is 0.00668. The fourth-order valence-electron chi connectivity index (χ4n) is 4.16. The van der Waals surface area contributed by atoms with Gasteiger partial charge in [-0.2, -0.15) is 0 Å². The minimum atomic E-state index is -0.00668. The molecule has 0 aliphatic carbocycles. The van der Waals surface area contributed by atoms with Crippen molar-refractivity contribution in [3.05, 3.63) is 52.6 Å². The summed E-state index contributed by atoms with van der Waals surface area (Å²) < 4.78 is 10.5. The molecule has 2 aromatic carbocycles. The Morgan fingerprint density at radius 2 is 1.86 bits per heavy atom. The van der Waals surface area contributed by atoms with E-state index in [9.17, 15) is 9.90 Å². The van der Waals surface area contributed by atoms with E-state index in [0.29, 0.717) is 12.3 Å². The van der Waals surface area contributed by atoms with Gasteiger partial charge in [-0.3, -0.25) is 9.69 Å². The topological polar surface area (TPSA) is 59.0 Å². The average molecular weight is 383 g/mol. The van der Waals surface area contributed by atoms with E-state index in [0.717, 1.165) is 53.9 Å². The third kappa shape index (κ3) is 4.30. The van der Waals surface area contributed by atoms with Crippen LogP contribution < -0.4 is 9.47 Å². The summed E-state index contributed by atoms with van der Waals surface area (Å²) in [6, 6.07) is 9.35. The van der Waals surface area contributed by atoms with Crippen LogP contribution in [0, 0.1) is 19.8 Å². The van der Waals surface area contributed by atoms with Crippen LogP contribution in [0.15, 0.2) is 30.3 Å². The number of phenols is 1. The van der Waals surface area contributed by atoms with Crippen LogP contribution in [0.2, 0.25) is 0 Å². The zero-order chi connectivity index (χ0) is 20.3. The summed E-state index contributed by atoms with van der Waals surface area (Å²) in [6.45, 7) is 6.35. The molecule has 0 spiro atoms. The van der Waals surface area contributed by atoms with Gasteiger partial charge in [0, 0.05) is 24.6 Å². The molecule has 1 aliphatic heterocycles. The van der Waals surface area contributed by atoms with Crippen molar-refractivity contribution in [1.82, 2.24) is 4.90 Å². The Labute approximate surface area is 166 Å². The standard InChI is InChI=1S/C23H29NO4/c1-15-10-19(11-16(2)23(15)28-4)22(26)18-6-5-9-24(14-18)13-17-7-8-21(27-3)20(25)12-17/h7-8,10-12,18,25H,5-6,9,13-14H2,1-4H3/t18-/m0/s1. The van der Waals surface area contributed by atoms with Crippen LogP contribution in [-0.4, -0.2) is 43.1 Å². The van der Waals surface area contributed by atoms with E-state index >= 15 is 0 Å². The number of carbonyl (C=O) groups excluding carboxylic acids is 1. The molecule has 1 aliphatic rings. The highest BCUT2D eigenvalue weighted by molar-refractivity contribution is 5.98. The lowest BCUT2D eigenvalue weighted by atomic mass is 9.88. The first kappa shape index (κ1) is 20.2. The van der Waals surface area contributed by atoms with Gasteiger partial charge >= 0.3 is 0 Å². The Kier molecular flexibility index (Phi) is 6.25. The lowest BCUT2D eigenvalue weighted by Crippen LogP contribution is -2.38. The third-order valence-corrected chi connectivity index (χ3v) is 5.47. The number of aromatic hydroxyl groups is 1. The maximum atomic E-state index is 13.1. The third-order valence-electron chi connectivity index (χ3n) is 5.47. The molecule has 0 radical (unpaired) electrons. The first-order valence-electron chi connectivity index (χ1n) is 9.70. The van der Waals surface area contributed by atoms with E-state index < -0.39 is 0 Å². The van der Waals surface area contributed by atoms with Gasteiger partial charge in [0.1, 0.15) is 5.75 Å². The molecule has 0 unspecified atom stereocenters. The molecule has 5 heteroatoms. The average Bonchev–Trinajstić information content (AvgIpc) is 2.67. The first-order valence-corrected chi connectivity index (χ1v) is 9.70. The zero-order valence-corrected chi connectivity index (χ0v) is 17.1. The second-order valence-corrected chi connectivity index (χ2v) is 7.59. The van der Waals surface area contributed by atoms with E-state index in [4.69, 9.17) is 9.47 Å². The van der Waals surface area contributed by atoms with Gasteiger partial charge in [-0.25, -0.2) is 0 Å². The Morgan fingerprint density at radius 1 is 1.14 bits per heavy atom. The van der Waals surface area contributed by atoms with E-state index in [1.165, 1.54) is 7.11 Å². The van der Waals surface area contributed by atoms with Gasteiger partial charge in [0.25, 0.3) is 0 Å². The number of carbonyl (C=O) groups is 1. The predicted octanol–water partition coefficient (Wildman–Crippen LogP) is 4.12. The molecule has 28 heavy (non-hydrogen) atoms. The summed E-state index contributed by atoms with van der Waals surface area (Å²) in [4.78, 5) is 15.4. The Balaban J connectivity index is 1.71. The number of methoxy groups -OCH3 is 2. The van der Waals surface area contributed by atoms with Crippen molar-refractivity contribution in [1.29, 1.82) is 0 Å². The number of phenolic OH excluding ortho intramolecular Hbond substituents is 1. The fraction of sp³-hybridized carbons (Fsp3) is 0.435. The van der Waals surface area contributed by atoms with Gasteiger partial charge in [-0.15, -0.1) is 0 Å². The summed E-state index contributed by atoms with van der Waals surface area (Å²) >= 11 is 0. The van der Waals surface area contributed by atoms with Crippen LogP contribution in [0.3, 0.4) is 0 Å². The predicted molar refractivity (Wildman–Crippen MR) is 109 cm³/mol. The summed E-state index contributed by atoms with van der Waals surface area (Å²) in [5, 5.41) is 10.00. The second-order valence-electron chi connectivity index (χ2n) is 7.59. The quantitative estimate of drug-likeness (QED) is 0.761. The van der Waals surface area contributed by atoms with E-state index in [2.05, 4.69) is 4.90 Å². The number of piperidine rings is 1. The molecule has 5 nitrogen and oxygen atoms in total. The van der Waals surface area contributed by atoms with Crippen LogP contribution in [0.1, 0.15) is 39.9 Å². The molecule has 1 atom stereocenters. The van der Waals surface area contributed by atoms with Crippen LogP contribution in [0.25, 0.3) is 0 Å². The van der Waals surface area contributed by atoms with Crippen LogP contribution in [0.5, 0.6) is 17.2 Å². The number of hydrogen-bond donors (Lipinski definition) is 1. The van der Waals surface area contributed by atoms with Gasteiger partial charge in [-0.1, -0.05) is 6.07 Å². The van der Waals surface area contributed by atoms with Gasteiger partial charge < -0.3 is 14.6 Å². The van der Waals surface area contributed by atoms with Gasteiger partial charge in [0.05, 0.1) is 14.2 Å². The molecule has 1 saturated heterocycles. The van der Waals surface area contributed by atoms with Crippen molar-refractivity contribution in [2.75, 3.05) is 27.3 Å². The highest BCUT2D eigenvalue weighted by atomic mass is 16.5. The second kappa shape index (κ2) is 8.65. The van der Waals surface area contributed by atoms with E-state index in [-0.39, 0.29) is 17.5 Å². The maximum Gasteiger partial charge on any atom is 0.167 e. The van der Waals surface area contributed by atoms with Crippen molar-refractivity contribution in [2.24, 2.45) is 5.92 Å². The van der Waals surface area contributed by atoms with Crippen molar-refractivity contribution < 1.29 is 19.4 Å². The molecule has 1 fully saturated rings. The zero-order valence-electron chi connectivity index (χ0n) is 17.1. The van der Waals surface area contributed by atoms with Crippen molar-refractivity contribution in [3.63, 3.8) is 0 Å². The number of nitrogens with zero attached hydrogens (tertiary/aromatic N) is 1. The molecular weight excluding hydrogens is 354 g/mol. The van der Waals surface area contributed by atoms with Gasteiger partial charge in [-0.05, 0) is 74.2 Å². The number of hydrogen-bond acceptors (Lipinski definition) is 5. The Morgan fingerprint density at radius 3 is 2.46 bits per heavy atom. The Bertz CT molecular complexity index is 839. The number of likely N-dealkylation sites (tertiary alicyclic amines) is 1. The fourth-order valence-corrected chi connectivity index (χ4v) is 4.16. The highest BCUT2D eigenvalue weighted by Crippen LogP contribution is 2.30. The lowest BCUT2D eigenvalue weighted by molar-refractivity contribution is 0.0811. The number of Topliss-reactive ketones (excluding diaryl/α,β-unsaturated/α-hetero) is 1. The van der Waals surface area contributed by atoms with E-state index in [1.54, 1.807) is 19.2 Å². The number of ether oxygens (including phenoxy) is 2. The summed E-state index contributed by atoms with van der Waals surface area (Å²) in [6.07, 6.45) is 1.90. The van der Waals surface area contributed by atoms with Crippen LogP contribution >= 0.6 is 0 Å².